The second-order valence-electron chi connectivity index (χ2n) is 4.11. The zero-order chi connectivity index (χ0) is 11.5. The predicted molar refractivity (Wildman–Crippen MR) is 66.2 cm³/mol. The first-order valence-electron chi connectivity index (χ1n) is 5.74. The van der Waals surface area contributed by atoms with Crippen LogP contribution >= 0.6 is 0 Å². The van der Waals surface area contributed by atoms with E-state index < -0.39 is 0 Å². The fourth-order valence-corrected chi connectivity index (χ4v) is 1.97. The van der Waals surface area contributed by atoms with Crippen LogP contribution in [0.3, 0.4) is 0 Å². The van der Waals surface area contributed by atoms with Crippen LogP contribution in [-0.2, 0) is 11.2 Å². The summed E-state index contributed by atoms with van der Waals surface area (Å²) in [5.41, 5.74) is 2.13. The average Bonchev–Trinajstić information content (AvgIpc) is 3.00. The number of aliphatic imine (C=N–C) groups is 1. The molecule has 2 heterocycles. The van der Waals surface area contributed by atoms with Crippen molar-refractivity contribution in [2.45, 2.75) is 12.5 Å². The SMILES string of the molecule is [Na+].c1ccc(C[C@H]2COC(c3ccc[n-]3)=N2)cc1. The molecule has 1 aromatic heterocycles. The Morgan fingerprint density at radius 3 is 2.72 bits per heavy atom. The molecule has 0 radical (unpaired) electrons. The number of hydrogen-bond acceptors (Lipinski definition) is 2. The monoisotopic (exact) mass is 248 g/mol. The number of ether oxygens (including phenoxy) is 1. The van der Waals surface area contributed by atoms with Gasteiger partial charge in [0.05, 0.1) is 6.04 Å². The molecule has 86 valence electrons. The van der Waals surface area contributed by atoms with Crippen molar-refractivity contribution >= 4 is 5.90 Å². The van der Waals surface area contributed by atoms with Gasteiger partial charge in [0.15, 0.2) is 5.90 Å². The second-order valence-corrected chi connectivity index (χ2v) is 4.11. The maximum absolute atomic E-state index is 5.57. The molecule has 0 fully saturated rings. The summed E-state index contributed by atoms with van der Waals surface area (Å²) in [6.45, 7) is 0.650. The van der Waals surface area contributed by atoms with E-state index in [1.807, 2.05) is 18.2 Å². The maximum Gasteiger partial charge on any atom is 1.00 e. The molecule has 0 aliphatic carbocycles. The van der Waals surface area contributed by atoms with Crippen LogP contribution in [0.5, 0.6) is 0 Å². The van der Waals surface area contributed by atoms with Crippen molar-refractivity contribution in [3.8, 4) is 0 Å². The predicted octanol–water partition coefficient (Wildman–Crippen LogP) is -0.964. The van der Waals surface area contributed by atoms with Crippen LogP contribution in [0.1, 0.15) is 11.3 Å². The number of rotatable bonds is 3. The largest absolute Gasteiger partial charge is 1.00 e. The van der Waals surface area contributed by atoms with Crippen molar-refractivity contribution in [3.63, 3.8) is 0 Å². The van der Waals surface area contributed by atoms with Gasteiger partial charge < -0.3 is 9.72 Å². The maximum atomic E-state index is 5.57. The molecule has 4 heteroatoms. The molecule has 1 atom stereocenters. The molecular formula is C14H13N2NaO. The van der Waals surface area contributed by atoms with Crippen molar-refractivity contribution < 1.29 is 34.3 Å². The molecule has 0 saturated carbocycles. The van der Waals surface area contributed by atoms with Crippen LogP contribution in [0.4, 0.5) is 0 Å². The Kier molecular flexibility index (Phi) is 4.64. The molecule has 0 unspecified atom stereocenters. The third-order valence-corrected chi connectivity index (χ3v) is 2.80. The fraction of sp³-hybridized carbons (Fsp3) is 0.214. The minimum absolute atomic E-state index is 0. The average molecular weight is 248 g/mol. The number of aromatic nitrogens is 1. The number of hydrogen-bond donors (Lipinski definition) is 0. The molecule has 0 amide bonds. The fourth-order valence-electron chi connectivity index (χ4n) is 1.97. The van der Waals surface area contributed by atoms with E-state index in [1.165, 1.54) is 5.56 Å². The van der Waals surface area contributed by atoms with E-state index in [4.69, 9.17) is 4.74 Å². The Hall–Kier alpha value is -1.03. The van der Waals surface area contributed by atoms with E-state index in [1.54, 1.807) is 6.20 Å². The van der Waals surface area contributed by atoms with Crippen molar-refractivity contribution in [2.24, 2.45) is 4.99 Å². The van der Waals surface area contributed by atoms with Crippen LogP contribution in [0.15, 0.2) is 53.7 Å². The van der Waals surface area contributed by atoms with Crippen LogP contribution in [0.25, 0.3) is 0 Å². The van der Waals surface area contributed by atoms with Gasteiger partial charge in [-0.2, -0.15) is 6.20 Å². The van der Waals surface area contributed by atoms with Crippen LogP contribution in [-0.4, -0.2) is 18.5 Å². The van der Waals surface area contributed by atoms with E-state index in [-0.39, 0.29) is 35.6 Å². The first-order chi connectivity index (χ1) is 8.42. The third kappa shape index (κ3) is 3.05. The van der Waals surface area contributed by atoms with Gasteiger partial charge in [0.25, 0.3) is 0 Å². The Balaban J connectivity index is 0.00000120. The smallest absolute Gasteiger partial charge is 0.660 e. The molecule has 3 rings (SSSR count). The summed E-state index contributed by atoms with van der Waals surface area (Å²) in [6.07, 6.45) is 2.68. The van der Waals surface area contributed by atoms with Crippen molar-refractivity contribution in [1.29, 1.82) is 0 Å². The Morgan fingerprint density at radius 2 is 2.00 bits per heavy atom. The van der Waals surface area contributed by atoms with Gasteiger partial charge >= 0.3 is 29.6 Å². The molecule has 0 spiro atoms. The molecular weight excluding hydrogens is 235 g/mol. The molecule has 0 N–H and O–H groups in total. The first-order valence-corrected chi connectivity index (χ1v) is 5.74. The van der Waals surface area contributed by atoms with E-state index in [9.17, 15) is 0 Å². The van der Waals surface area contributed by atoms with E-state index in [0.717, 1.165) is 12.1 Å². The van der Waals surface area contributed by atoms with E-state index in [0.29, 0.717) is 12.5 Å². The number of nitrogens with zero attached hydrogens (tertiary/aromatic N) is 2. The van der Waals surface area contributed by atoms with Gasteiger partial charge in [0, 0.05) is 0 Å². The Bertz CT molecular complexity index is 508. The van der Waals surface area contributed by atoms with Crippen LogP contribution in [0, 0.1) is 0 Å². The Morgan fingerprint density at radius 1 is 1.17 bits per heavy atom. The van der Waals surface area contributed by atoms with Gasteiger partial charge in [0.2, 0.25) is 0 Å². The summed E-state index contributed by atoms with van der Waals surface area (Å²) >= 11 is 0. The van der Waals surface area contributed by atoms with E-state index >= 15 is 0 Å². The molecule has 3 nitrogen and oxygen atoms in total. The molecule has 18 heavy (non-hydrogen) atoms. The van der Waals surface area contributed by atoms with Crippen molar-refractivity contribution in [3.05, 3.63) is 59.9 Å². The number of benzene rings is 1. The normalized spacial score (nSPS) is 17.8. The van der Waals surface area contributed by atoms with Gasteiger partial charge in [-0.25, -0.2) is 4.99 Å². The molecule has 1 aromatic carbocycles. The molecule has 1 aliphatic rings. The second kappa shape index (κ2) is 6.23. The standard InChI is InChI=1S/C14H13N2O.Na/c1-2-5-11(6-3-1)9-12-10-17-14(16-12)13-7-4-8-15-13;/h1-8,12H,9-10H2;/q-1;+1/t12-;/m0./s1. The summed E-state index contributed by atoms with van der Waals surface area (Å²) in [4.78, 5) is 8.74. The molecule has 0 bridgehead atoms. The quantitative estimate of drug-likeness (QED) is 0.656. The zero-order valence-electron chi connectivity index (χ0n) is 10.4. The van der Waals surface area contributed by atoms with Crippen LogP contribution < -0.4 is 34.5 Å². The first kappa shape index (κ1) is 13.4. The summed E-state index contributed by atoms with van der Waals surface area (Å²) < 4.78 is 5.57. The third-order valence-electron chi connectivity index (χ3n) is 2.80. The topological polar surface area (TPSA) is 35.7 Å². The zero-order valence-corrected chi connectivity index (χ0v) is 12.4. The van der Waals surface area contributed by atoms with Gasteiger partial charge in [-0.1, -0.05) is 48.2 Å². The van der Waals surface area contributed by atoms with Crippen LogP contribution in [0.2, 0.25) is 0 Å². The van der Waals surface area contributed by atoms with Gasteiger partial charge in [-0.3, -0.25) is 0 Å². The minimum Gasteiger partial charge on any atom is -0.660 e. The Labute approximate surface area is 129 Å². The minimum atomic E-state index is 0. The van der Waals surface area contributed by atoms with Gasteiger partial charge in [-0.05, 0) is 12.0 Å². The summed E-state index contributed by atoms with van der Waals surface area (Å²) in [5.74, 6) is 0.677. The van der Waals surface area contributed by atoms with E-state index in [2.05, 4.69) is 34.2 Å². The summed E-state index contributed by atoms with van der Waals surface area (Å²) in [7, 11) is 0. The molecule has 2 aromatic rings. The van der Waals surface area contributed by atoms with Crippen molar-refractivity contribution in [2.75, 3.05) is 6.61 Å². The molecule has 1 aliphatic heterocycles. The summed E-state index contributed by atoms with van der Waals surface area (Å²) in [6, 6.07) is 14.4. The van der Waals surface area contributed by atoms with Crippen molar-refractivity contribution in [1.82, 2.24) is 4.98 Å². The van der Waals surface area contributed by atoms with Gasteiger partial charge in [0.1, 0.15) is 6.61 Å². The summed E-state index contributed by atoms with van der Waals surface area (Å²) in [5, 5.41) is 0. The van der Waals surface area contributed by atoms with Gasteiger partial charge in [-0.15, -0.1) is 0 Å². The molecule has 0 saturated heterocycles.